The molecule has 2 N–H and O–H groups in total. The van der Waals surface area contributed by atoms with Gasteiger partial charge in [0.25, 0.3) is 0 Å². The minimum Gasteiger partial charge on any atom is -0.494 e. The summed E-state index contributed by atoms with van der Waals surface area (Å²) in [4.78, 5) is 18.3. The molecule has 0 radical (unpaired) electrons. The molecule has 1 aromatic heterocycles. The lowest BCUT2D eigenvalue weighted by Crippen LogP contribution is -2.09. The van der Waals surface area contributed by atoms with E-state index in [9.17, 15) is 4.79 Å². The summed E-state index contributed by atoms with van der Waals surface area (Å²) in [5.74, 6) is 0.313. The van der Waals surface area contributed by atoms with Crippen molar-refractivity contribution in [2.24, 2.45) is 0 Å². The molecular formula is C14H15N3O3. The molecule has 0 saturated carbocycles. The molecule has 0 fully saturated rings. The Balaban J connectivity index is 1.67. The van der Waals surface area contributed by atoms with Gasteiger partial charge in [0.15, 0.2) is 5.69 Å². The fourth-order valence-corrected chi connectivity index (χ4v) is 1.53. The zero-order chi connectivity index (χ0) is 14.2. The van der Waals surface area contributed by atoms with Gasteiger partial charge in [-0.2, -0.15) is 0 Å². The molecule has 0 aliphatic heterocycles. The van der Waals surface area contributed by atoms with E-state index in [0.29, 0.717) is 19.0 Å². The van der Waals surface area contributed by atoms with Crippen molar-refractivity contribution >= 4 is 11.8 Å². The van der Waals surface area contributed by atoms with Gasteiger partial charge in [0.1, 0.15) is 11.6 Å². The van der Waals surface area contributed by atoms with Crippen LogP contribution in [0.15, 0.2) is 42.7 Å². The van der Waals surface area contributed by atoms with E-state index in [-0.39, 0.29) is 5.69 Å². The normalized spacial score (nSPS) is 10.0. The summed E-state index contributed by atoms with van der Waals surface area (Å²) < 4.78 is 5.54. The Morgan fingerprint density at radius 2 is 2.00 bits per heavy atom. The molecule has 6 nitrogen and oxygen atoms in total. The Bertz CT molecular complexity index is 543. The van der Waals surface area contributed by atoms with E-state index in [1.54, 1.807) is 0 Å². The van der Waals surface area contributed by atoms with Crippen molar-refractivity contribution in [2.45, 2.75) is 6.42 Å². The first-order valence-electron chi connectivity index (χ1n) is 6.23. The highest BCUT2D eigenvalue weighted by atomic mass is 16.5. The van der Waals surface area contributed by atoms with Gasteiger partial charge in [-0.25, -0.2) is 14.8 Å². The third kappa shape index (κ3) is 4.24. The van der Waals surface area contributed by atoms with E-state index in [4.69, 9.17) is 9.84 Å². The van der Waals surface area contributed by atoms with Gasteiger partial charge in [0.05, 0.1) is 19.0 Å². The van der Waals surface area contributed by atoms with Crippen LogP contribution in [0.1, 0.15) is 16.9 Å². The van der Waals surface area contributed by atoms with Crippen molar-refractivity contribution in [1.82, 2.24) is 9.97 Å². The van der Waals surface area contributed by atoms with Crippen LogP contribution in [0.3, 0.4) is 0 Å². The topological polar surface area (TPSA) is 84.3 Å². The van der Waals surface area contributed by atoms with Gasteiger partial charge in [0.2, 0.25) is 0 Å². The number of nitrogens with one attached hydrogen (secondary N) is 1. The van der Waals surface area contributed by atoms with Crippen molar-refractivity contribution < 1.29 is 14.6 Å². The number of aromatic carboxylic acids is 1. The highest BCUT2D eigenvalue weighted by Gasteiger charge is 2.04. The molecule has 0 aliphatic rings. The van der Waals surface area contributed by atoms with Gasteiger partial charge in [-0.1, -0.05) is 18.2 Å². The second kappa shape index (κ2) is 7.08. The number of para-hydroxylation sites is 1. The molecule has 0 aliphatic carbocycles. The van der Waals surface area contributed by atoms with Crippen molar-refractivity contribution in [3.63, 3.8) is 0 Å². The number of rotatable bonds is 7. The van der Waals surface area contributed by atoms with Crippen LogP contribution in [0.4, 0.5) is 5.82 Å². The zero-order valence-electron chi connectivity index (χ0n) is 10.8. The SMILES string of the molecule is O=C(O)c1cnc(NCCCOc2ccccc2)cn1. The molecule has 1 aromatic carbocycles. The van der Waals surface area contributed by atoms with Gasteiger partial charge < -0.3 is 15.2 Å². The lowest BCUT2D eigenvalue weighted by molar-refractivity contribution is 0.0690. The summed E-state index contributed by atoms with van der Waals surface area (Å²) in [7, 11) is 0. The van der Waals surface area contributed by atoms with E-state index in [0.717, 1.165) is 12.2 Å². The molecule has 0 unspecified atom stereocenters. The summed E-state index contributed by atoms with van der Waals surface area (Å²) in [5.41, 5.74) is -0.0667. The Morgan fingerprint density at radius 3 is 2.65 bits per heavy atom. The van der Waals surface area contributed by atoms with Crippen LogP contribution in [0, 0.1) is 0 Å². The van der Waals surface area contributed by atoms with Crippen molar-refractivity contribution in [3.8, 4) is 5.75 Å². The first-order valence-corrected chi connectivity index (χ1v) is 6.23. The van der Waals surface area contributed by atoms with Crippen molar-refractivity contribution in [3.05, 3.63) is 48.4 Å². The minimum atomic E-state index is -1.08. The molecule has 2 rings (SSSR count). The summed E-state index contributed by atoms with van der Waals surface area (Å²) in [6.07, 6.45) is 3.43. The predicted octanol–water partition coefficient (Wildman–Crippen LogP) is 2.06. The Morgan fingerprint density at radius 1 is 1.20 bits per heavy atom. The molecule has 1 heterocycles. The monoisotopic (exact) mass is 273 g/mol. The number of hydrogen-bond acceptors (Lipinski definition) is 5. The lowest BCUT2D eigenvalue weighted by atomic mass is 10.3. The fraction of sp³-hybridized carbons (Fsp3) is 0.214. The highest BCUT2D eigenvalue weighted by molar-refractivity contribution is 5.84. The quantitative estimate of drug-likeness (QED) is 0.751. The summed E-state index contributed by atoms with van der Waals surface area (Å²) in [5, 5.41) is 11.7. The van der Waals surface area contributed by atoms with Crippen LogP contribution < -0.4 is 10.1 Å². The second-order valence-electron chi connectivity index (χ2n) is 4.03. The van der Waals surface area contributed by atoms with Crippen LogP contribution in [0.5, 0.6) is 5.75 Å². The van der Waals surface area contributed by atoms with E-state index in [1.165, 1.54) is 12.4 Å². The third-order valence-electron chi connectivity index (χ3n) is 2.51. The van der Waals surface area contributed by atoms with Crippen molar-refractivity contribution in [1.29, 1.82) is 0 Å². The number of carboxylic acids is 1. The highest BCUT2D eigenvalue weighted by Crippen LogP contribution is 2.08. The van der Waals surface area contributed by atoms with Gasteiger partial charge in [0, 0.05) is 6.54 Å². The first kappa shape index (κ1) is 13.8. The van der Waals surface area contributed by atoms with Crippen LogP contribution in [0.25, 0.3) is 0 Å². The minimum absolute atomic E-state index is 0.0667. The number of benzene rings is 1. The zero-order valence-corrected chi connectivity index (χ0v) is 10.8. The second-order valence-corrected chi connectivity index (χ2v) is 4.03. The molecule has 0 atom stereocenters. The molecule has 104 valence electrons. The summed E-state index contributed by atoms with van der Waals surface area (Å²) in [6.45, 7) is 1.27. The Labute approximate surface area is 116 Å². The van der Waals surface area contributed by atoms with Gasteiger partial charge in [-0.05, 0) is 18.6 Å². The molecule has 6 heteroatoms. The number of aromatic nitrogens is 2. The number of nitrogens with zero attached hydrogens (tertiary/aromatic N) is 2. The van der Waals surface area contributed by atoms with Crippen LogP contribution in [0.2, 0.25) is 0 Å². The number of hydrogen-bond donors (Lipinski definition) is 2. The molecule has 20 heavy (non-hydrogen) atoms. The maximum atomic E-state index is 10.6. The standard InChI is InChI=1S/C14H15N3O3/c18-14(19)12-9-17-13(10-16-12)15-7-4-8-20-11-5-2-1-3-6-11/h1-3,5-6,9-10H,4,7-8H2,(H,15,17)(H,18,19). The van der Waals surface area contributed by atoms with E-state index in [1.807, 2.05) is 30.3 Å². The molecule has 0 amide bonds. The summed E-state index contributed by atoms with van der Waals surface area (Å²) in [6, 6.07) is 9.60. The Hall–Kier alpha value is -2.63. The number of carboxylic acid groups (broad SMARTS) is 1. The average Bonchev–Trinajstić information content (AvgIpc) is 2.48. The van der Waals surface area contributed by atoms with Crippen LogP contribution in [-0.4, -0.2) is 34.2 Å². The van der Waals surface area contributed by atoms with Gasteiger partial charge in [-0.15, -0.1) is 0 Å². The first-order chi connectivity index (χ1) is 9.75. The van der Waals surface area contributed by atoms with Crippen LogP contribution >= 0.6 is 0 Å². The third-order valence-corrected chi connectivity index (χ3v) is 2.51. The molecule has 0 spiro atoms. The number of ether oxygens (including phenoxy) is 1. The molecule has 0 saturated heterocycles. The predicted molar refractivity (Wildman–Crippen MR) is 74.0 cm³/mol. The number of anilines is 1. The van der Waals surface area contributed by atoms with Gasteiger partial charge >= 0.3 is 5.97 Å². The maximum absolute atomic E-state index is 10.6. The van der Waals surface area contributed by atoms with E-state index >= 15 is 0 Å². The van der Waals surface area contributed by atoms with Crippen LogP contribution in [-0.2, 0) is 0 Å². The molecular weight excluding hydrogens is 258 g/mol. The Kier molecular flexibility index (Phi) is 4.88. The lowest BCUT2D eigenvalue weighted by Gasteiger charge is -2.07. The summed E-state index contributed by atoms with van der Waals surface area (Å²) >= 11 is 0. The van der Waals surface area contributed by atoms with E-state index < -0.39 is 5.97 Å². The molecule has 0 bridgehead atoms. The largest absolute Gasteiger partial charge is 0.494 e. The smallest absolute Gasteiger partial charge is 0.356 e. The van der Waals surface area contributed by atoms with Crippen molar-refractivity contribution in [2.75, 3.05) is 18.5 Å². The number of carbonyl (C=O) groups is 1. The van der Waals surface area contributed by atoms with E-state index in [2.05, 4.69) is 15.3 Å². The van der Waals surface area contributed by atoms with Gasteiger partial charge in [-0.3, -0.25) is 0 Å². The fourth-order valence-electron chi connectivity index (χ4n) is 1.53. The molecule has 2 aromatic rings. The maximum Gasteiger partial charge on any atom is 0.356 e. The average molecular weight is 273 g/mol.